The summed E-state index contributed by atoms with van der Waals surface area (Å²) in [5.74, 6) is -0.372. The van der Waals surface area contributed by atoms with Crippen molar-refractivity contribution in [3.63, 3.8) is 0 Å². The molecular formula is C9H8N2O2S. The van der Waals surface area contributed by atoms with Gasteiger partial charge in [-0.1, -0.05) is 11.3 Å². The average Bonchev–Trinajstić information content (AvgIpc) is 2.44. The smallest absolute Gasteiger partial charge is 0.308 e. The summed E-state index contributed by atoms with van der Waals surface area (Å²) < 4.78 is 4.94. The van der Waals surface area contributed by atoms with Crippen molar-refractivity contribution in [3.8, 4) is 5.06 Å². The summed E-state index contributed by atoms with van der Waals surface area (Å²) in [5.41, 5.74) is 6.26. The highest BCUT2D eigenvalue weighted by molar-refractivity contribution is 7.21. The third-order valence-electron chi connectivity index (χ3n) is 1.71. The van der Waals surface area contributed by atoms with Gasteiger partial charge in [-0.2, -0.15) is 0 Å². The molecule has 0 aliphatic carbocycles. The number of nitrogens with zero attached hydrogens (tertiary/aromatic N) is 1. The molecule has 2 N–H and O–H groups in total. The van der Waals surface area contributed by atoms with E-state index in [2.05, 4.69) is 4.98 Å². The quantitative estimate of drug-likeness (QED) is 0.726. The predicted molar refractivity (Wildman–Crippen MR) is 55.3 cm³/mol. The van der Waals surface area contributed by atoms with E-state index in [1.807, 2.05) is 6.07 Å². The lowest BCUT2D eigenvalue weighted by molar-refractivity contribution is -0.131. The molecular weight excluding hydrogens is 200 g/mol. The maximum absolute atomic E-state index is 10.8. The minimum atomic E-state index is -0.372. The van der Waals surface area contributed by atoms with Crippen molar-refractivity contribution < 1.29 is 9.53 Å². The first-order valence-corrected chi connectivity index (χ1v) is 4.81. The lowest BCUT2D eigenvalue weighted by Crippen LogP contribution is -2.01. The van der Waals surface area contributed by atoms with Crippen molar-refractivity contribution in [3.05, 3.63) is 18.3 Å². The summed E-state index contributed by atoms with van der Waals surface area (Å²) in [5, 5.41) is 1.25. The Morgan fingerprint density at radius 2 is 2.43 bits per heavy atom. The minimum Gasteiger partial charge on any atom is -0.413 e. The SMILES string of the molecule is CC(=O)Oc1sc2ncccc2c1N. The standard InChI is InChI=1S/C9H8N2O2S/c1-5(12)13-9-7(10)6-3-2-4-11-8(6)14-9/h2-4H,10H2,1H3. The number of carbonyl (C=O) groups is 1. The summed E-state index contributed by atoms with van der Waals surface area (Å²) in [6.07, 6.45) is 1.68. The van der Waals surface area contributed by atoms with E-state index in [-0.39, 0.29) is 5.97 Å². The fourth-order valence-corrected chi connectivity index (χ4v) is 2.09. The van der Waals surface area contributed by atoms with Crippen LogP contribution in [0.15, 0.2) is 18.3 Å². The molecule has 5 heteroatoms. The van der Waals surface area contributed by atoms with Gasteiger partial charge in [-0.25, -0.2) is 4.98 Å². The van der Waals surface area contributed by atoms with Crippen LogP contribution in [0.5, 0.6) is 5.06 Å². The minimum absolute atomic E-state index is 0.372. The fourth-order valence-electron chi connectivity index (χ4n) is 1.14. The number of hydrogen-bond acceptors (Lipinski definition) is 5. The van der Waals surface area contributed by atoms with Crippen molar-refractivity contribution in [2.75, 3.05) is 5.73 Å². The Kier molecular flexibility index (Phi) is 2.09. The molecule has 0 fully saturated rings. The Balaban J connectivity index is 2.57. The molecule has 0 atom stereocenters. The van der Waals surface area contributed by atoms with Crippen molar-refractivity contribution >= 4 is 33.2 Å². The van der Waals surface area contributed by atoms with Gasteiger partial charge >= 0.3 is 5.97 Å². The maximum atomic E-state index is 10.8. The highest BCUT2D eigenvalue weighted by Crippen LogP contribution is 2.38. The van der Waals surface area contributed by atoms with Gasteiger partial charge in [-0.3, -0.25) is 4.79 Å². The second kappa shape index (κ2) is 3.26. The molecule has 0 amide bonds. The predicted octanol–water partition coefficient (Wildman–Crippen LogP) is 1.80. The van der Waals surface area contributed by atoms with Crippen LogP contribution in [0.25, 0.3) is 10.2 Å². The van der Waals surface area contributed by atoms with Crippen molar-refractivity contribution in [2.45, 2.75) is 6.92 Å². The van der Waals surface area contributed by atoms with E-state index in [0.717, 1.165) is 10.2 Å². The van der Waals surface area contributed by atoms with E-state index in [0.29, 0.717) is 10.8 Å². The monoisotopic (exact) mass is 208 g/mol. The van der Waals surface area contributed by atoms with Gasteiger partial charge in [-0.15, -0.1) is 0 Å². The van der Waals surface area contributed by atoms with Gasteiger partial charge in [0.05, 0.1) is 5.69 Å². The topological polar surface area (TPSA) is 65.2 Å². The van der Waals surface area contributed by atoms with Crippen LogP contribution in [0, 0.1) is 0 Å². The molecule has 0 aliphatic heterocycles. The van der Waals surface area contributed by atoms with Gasteiger partial charge in [0.1, 0.15) is 4.83 Å². The van der Waals surface area contributed by atoms with Gasteiger partial charge in [0.15, 0.2) is 0 Å². The summed E-state index contributed by atoms with van der Waals surface area (Å²) in [7, 11) is 0. The summed E-state index contributed by atoms with van der Waals surface area (Å²) in [4.78, 5) is 15.6. The van der Waals surface area contributed by atoms with Gasteiger partial charge in [0.25, 0.3) is 0 Å². The summed E-state index contributed by atoms with van der Waals surface area (Å²) in [6, 6.07) is 3.64. The van der Waals surface area contributed by atoms with Crippen LogP contribution in [0.3, 0.4) is 0 Å². The Morgan fingerprint density at radius 3 is 3.07 bits per heavy atom. The first-order valence-electron chi connectivity index (χ1n) is 4.00. The number of fused-ring (bicyclic) bond motifs is 1. The number of pyridine rings is 1. The van der Waals surface area contributed by atoms with E-state index in [9.17, 15) is 4.79 Å². The van der Waals surface area contributed by atoms with E-state index < -0.39 is 0 Å². The molecule has 2 rings (SSSR count). The third kappa shape index (κ3) is 1.42. The molecule has 0 bridgehead atoms. The van der Waals surface area contributed by atoms with Crippen molar-refractivity contribution in [1.29, 1.82) is 0 Å². The molecule has 0 saturated carbocycles. The number of carbonyl (C=O) groups excluding carboxylic acids is 1. The molecule has 0 saturated heterocycles. The lowest BCUT2D eigenvalue weighted by Gasteiger charge is -1.96. The van der Waals surface area contributed by atoms with Crippen LogP contribution >= 0.6 is 11.3 Å². The van der Waals surface area contributed by atoms with Gasteiger partial charge in [-0.05, 0) is 12.1 Å². The lowest BCUT2D eigenvalue weighted by atomic mass is 10.3. The molecule has 72 valence electrons. The Morgan fingerprint density at radius 1 is 1.64 bits per heavy atom. The zero-order chi connectivity index (χ0) is 10.1. The van der Waals surface area contributed by atoms with E-state index in [4.69, 9.17) is 10.5 Å². The number of rotatable bonds is 1. The van der Waals surface area contributed by atoms with Crippen molar-refractivity contribution in [1.82, 2.24) is 4.98 Å². The number of nitrogen functional groups attached to an aromatic ring is 1. The molecule has 2 heterocycles. The highest BCUT2D eigenvalue weighted by Gasteiger charge is 2.12. The molecule has 0 radical (unpaired) electrons. The molecule has 2 aromatic heterocycles. The van der Waals surface area contributed by atoms with Crippen LogP contribution in [-0.4, -0.2) is 11.0 Å². The summed E-state index contributed by atoms with van der Waals surface area (Å²) >= 11 is 1.27. The number of aromatic nitrogens is 1. The Hall–Kier alpha value is -1.62. The number of hydrogen-bond donors (Lipinski definition) is 1. The zero-order valence-electron chi connectivity index (χ0n) is 7.48. The van der Waals surface area contributed by atoms with Crippen molar-refractivity contribution in [2.24, 2.45) is 0 Å². The van der Waals surface area contributed by atoms with Crippen LogP contribution in [0.4, 0.5) is 5.69 Å². The van der Waals surface area contributed by atoms with Gasteiger partial charge < -0.3 is 10.5 Å². The van der Waals surface area contributed by atoms with Crippen LogP contribution < -0.4 is 10.5 Å². The fraction of sp³-hybridized carbons (Fsp3) is 0.111. The molecule has 0 unspecified atom stereocenters. The first kappa shape index (κ1) is 8.96. The number of esters is 1. The van der Waals surface area contributed by atoms with Crippen LogP contribution in [0.1, 0.15) is 6.92 Å². The molecule has 0 aromatic carbocycles. The largest absolute Gasteiger partial charge is 0.413 e. The van der Waals surface area contributed by atoms with E-state index in [1.165, 1.54) is 18.3 Å². The van der Waals surface area contributed by atoms with Gasteiger partial charge in [0, 0.05) is 18.5 Å². The Labute approximate surface area is 84.3 Å². The molecule has 4 nitrogen and oxygen atoms in total. The number of ether oxygens (including phenoxy) is 1. The zero-order valence-corrected chi connectivity index (χ0v) is 8.30. The normalized spacial score (nSPS) is 10.4. The summed E-state index contributed by atoms with van der Waals surface area (Å²) in [6.45, 7) is 1.34. The number of thiophene rings is 1. The average molecular weight is 208 g/mol. The van der Waals surface area contributed by atoms with Crippen LogP contribution in [0.2, 0.25) is 0 Å². The molecule has 0 aliphatic rings. The van der Waals surface area contributed by atoms with Crippen LogP contribution in [-0.2, 0) is 4.79 Å². The maximum Gasteiger partial charge on any atom is 0.308 e. The number of anilines is 1. The third-order valence-corrected chi connectivity index (χ3v) is 2.71. The highest BCUT2D eigenvalue weighted by atomic mass is 32.1. The van der Waals surface area contributed by atoms with E-state index >= 15 is 0 Å². The molecule has 0 spiro atoms. The molecule has 2 aromatic rings. The second-order valence-corrected chi connectivity index (χ2v) is 3.71. The number of nitrogens with two attached hydrogens (primary N) is 1. The first-order chi connectivity index (χ1) is 6.68. The second-order valence-electron chi connectivity index (χ2n) is 2.75. The van der Waals surface area contributed by atoms with E-state index in [1.54, 1.807) is 12.3 Å². The Bertz CT molecular complexity index is 493. The van der Waals surface area contributed by atoms with Gasteiger partial charge in [0.2, 0.25) is 5.06 Å². The molecule has 14 heavy (non-hydrogen) atoms.